The molecule has 2 aliphatic rings. The predicted octanol–water partition coefficient (Wildman–Crippen LogP) is 5.05. The van der Waals surface area contributed by atoms with Crippen molar-refractivity contribution in [3.8, 4) is 28.3 Å². The fourth-order valence-electron chi connectivity index (χ4n) is 5.66. The lowest BCUT2D eigenvalue weighted by molar-refractivity contribution is 0.122. The molecule has 4 N–H and O–H groups in total. The lowest BCUT2D eigenvalue weighted by Crippen LogP contribution is -2.43. The first-order valence-electron chi connectivity index (χ1n) is 13.6. The highest BCUT2D eigenvalue weighted by Gasteiger charge is 2.34. The van der Waals surface area contributed by atoms with Gasteiger partial charge in [0.1, 0.15) is 17.2 Å². The first-order chi connectivity index (χ1) is 19.5. The molecule has 2 aromatic carbocycles. The minimum atomic E-state index is -0.305. The Kier molecular flexibility index (Phi) is 5.98. The first kappa shape index (κ1) is 24.7. The summed E-state index contributed by atoms with van der Waals surface area (Å²) in [6, 6.07) is 20.9. The molecule has 0 bridgehead atoms. The van der Waals surface area contributed by atoms with Crippen LogP contribution in [0.15, 0.2) is 72.9 Å². The Morgan fingerprint density at radius 3 is 2.42 bits per heavy atom. The van der Waals surface area contributed by atoms with Gasteiger partial charge in [0.05, 0.1) is 24.5 Å². The van der Waals surface area contributed by atoms with Crippen LogP contribution in [-0.4, -0.2) is 45.8 Å². The van der Waals surface area contributed by atoms with Crippen molar-refractivity contribution in [1.82, 2.24) is 19.5 Å². The minimum absolute atomic E-state index is 0.257. The molecule has 202 valence electrons. The molecule has 9 heteroatoms. The van der Waals surface area contributed by atoms with Crippen LogP contribution < -0.4 is 16.4 Å². The van der Waals surface area contributed by atoms with Gasteiger partial charge in [0.15, 0.2) is 11.5 Å². The average molecular weight is 536 g/mol. The molecule has 7 rings (SSSR count). The third kappa shape index (κ3) is 4.27. The second-order valence-corrected chi connectivity index (χ2v) is 10.6. The Balaban J connectivity index is 1.38. The highest BCUT2D eigenvalue weighted by molar-refractivity contribution is 5.85. The SMILES string of the molecule is Nc1ncccc1-c1nc2ccc(-c3cc(F)cc(N4CCOCC4)c3)nc2n1-c1ccc(C2(N)CCC2)cc1. The zero-order valence-electron chi connectivity index (χ0n) is 22.1. The smallest absolute Gasteiger partial charge is 0.165 e. The molecule has 4 heterocycles. The molecule has 1 aliphatic heterocycles. The van der Waals surface area contributed by atoms with Crippen LogP contribution in [0.5, 0.6) is 0 Å². The zero-order chi connectivity index (χ0) is 27.3. The number of fused-ring (bicyclic) bond motifs is 1. The van der Waals surface area contributed by atoms with Gasteiger partial charge in [-0.05, 0) is 79.4 Å². The van der Waals surface area contributed by atoms with Crippen molar-refractivity contribution in [3.05, 3.63) is 84.3 Å². The maximum absolute atomic E-state index is 14.8. The average Bonchev–Trinajstić information content (AvgIpc) is 3.35. The summed E-state index contributed by atoms with van der Waals surface area (Å²) in [7, 11) is 0. The van der Waals surface area contributed by atoms with Gasteiger partial charge >= 0.3 is 0 Å². The molecule has 8 nitrogen and oxygen atoms in total. The molecule has 0 spiro atoms. The number of nitrogens with two attached hydrogens (primary N) is 2. The highest BCUT2D eigenvalue weighted by atomic mass is 19.1. The second kappa shape index (κ2) is 9.69. The summed E-state index contributed by atoms with van der Waals surface area (Å²) < 4.78 is 22.3. The lowest BCUT2D eigenvalue weighted by atomic mass is 9.73. The Hall–Kier alpha value is -4.34. The Morgan fingerprint density at radius 1 is 0.900 bits per heavy atom. The van der Waals surface area contributed by atoms with Crippen molar-refractivity contribution >= 4 is 22.7 Å². The van der Waals surface area contributed by atoms with Crippen molar-refractivity contribution in [3.63, 3.8) is 0 Å². The van der Waals surface area contributed by atoms with E-state index in [-0.39, 0.29) is 11.4 Å². The number of imidazole rings is 1. The molecule has 40 heavy (non-hydrogen) atoms. The van der Waals surface area contributed by atoms with Gasteiger partial charge in [-0.1, -0.05) is 12.1 Å². The van der Waals surface area contributed by atoms with Crippen molar-refractivity contribution in [1.29, 1.82) is 0 Å². The number of halogens is 1. The van der Waals surface area contributed by atoms with Crippen LogP contribution in [0.4, 0.5) is 15.9 Å². The van der Waals surface area contributed by atoms with Crippen molar-refractivity contribution in [2.24, 2.45) is 5.73 Å². The van der Waals surface area contributed by atoms with Crippen LogP contribution in [0, 0.1) is 5.82 Å². The molecule has 3 aromatic heterocycles. The summed E-state index contributed by atoms with van der Waals surface area (Å²) in [5.41, 5.74) is 18.9. The number of aromatic nitrogens is 4. The van der Waals surface area contributed by atoms with Gasteiger partial charge in [-0.2, -0.15) is 0 Å². The van der Waals surface area contributed by atoms with E-state index in [1.54, 1.807) is 12.3 Å². The molecule has 1 saturated heterocycles. The fourth-order valence-corrected chi connectivity index (χ4v) is 5.66. The summed E-state index contributed by atoms with van der Waals surface area (Å²) in [6.45, 7) is 2.69. The number of nitrogen functional groups attached to an aromatic ring is 1. The van der Waals surface area contributed by atoms with Crippen LogP contribution in [0.1, 0.15) is 24.8 Å². The molecule has 0 amide bonds. The van der Waals surface area contributed by atoms with Crippen LogP contribution in [-0.2, 0) is 10.3 Å². The molecule has 1 saturated carbocycles. The van der Waals surface area contributed by atoms with E-state index >= 15 is 0 Å². The molecule has 2 fully saturated rings. The zero-order valence-corrected chi connectivity index (χ0v) is 22.1. The largest absolute Gasteiger partial charge is 0.383 e. The summed E-state index contributed by atoms with van der Waals surface area (Å²) in [5.74, 6) is 0.712. The Bertz CT molecular complexity index is 1710. The third-order valence-electron chi connectivity index (χ3n) is 8.08. The van der Waals surface area contributed by atoms with Crippen LogP contribution >= 0.6 is 0 Å². The van der Waals surface area contributed by atoms with E-state index in [1.807, 2.05) is 47.0 Å². The van der Waals surface area contributed by atoms with E-state index in [0.29, 0.717) is 52.8 Å². The lowest BCUT2D eigenvalue weighted by Gasteiger charge is -2.38. The van der Waals surface area contributed by atoms with Gasteiger partial charge in [0, 0.05) is 41.8 Å². The van der Waals surface area contributed by atoms with Gasteiger partial charge in [-0.25, -0.2) is 19.3 Å². The summed E-state index contributed by atoms with van der Waals surface area (Å²) >= 11 is 0. The topological polar surface area (TPSA) is 108 Å². The second-order valence-electron chi connectivity index (χ2n) is 10.6. The van der Waals surface area contributed by atoms with E-state index < -0.39 is 0 Å². The van der Waals surface area contributed by atoms with E-state index in [0.717, 1.165) is 49.3 Å². The predicted molar refractivity (Wildman–Crippen MR) is 155 cm³/mol. The Labute approximate surface area is 231 Å². The molecular formula is C31H30FN7O. The van der Waals surface area contributed by atoms with E-state index in [1.165, 1.54) is 6.07 Å². The van der Waals surface area contributed by atoms with Gasteiger partial charge in [0.2, 0.25) is 0 Å². The number of benzene rings is 2. The highest BCUT2D eigenvalue weighted by Crippen LogP contribution is 2.39. The first-order valence-corrected chi connectivity index (χ1v) is 13.6. The normalized spacial score (nSPS) is 16.7. The number of anilines is 2. The number of pyridine rings is 2. The van der Waals surface area contributed by atoms with Gasteiger partial charge in [-0.15, -0.1) is 0 Å². The number of ether oxygens (including phenoxy) is 1. The van der Waals surface area contributed by atoms with Crippen molar-refractivity contribution in [2.75, 3.05) is 36.9 Å². The quantitative estimate of drug-likeness (QED) is 0.324. The van der Waals surface area contributed by atoms with Crippen LogP contribution in [0.25, 0.3) is 39.5 Å². The van der Waals surface area contributed by atoms with Crippen molar-refractivity contribution < 1.29 is 9.13 Å². The number of morpholine rings is 1. The third-order valence-corrected chi connectivity index (χ3v) is 8.08. The van der Waals surface area contributed by atoms with Crippen LogP contribution in [0.2, 0.25) is 0 Å². The molecular weight excluding hydrogens is 505 g/mol. The van der Waals surface area contributed by atoms with Crippen LogP contribution in [0.3, 0.4) is 0 Å². The number of hydrogen-bond acceptors (Lipinski definition) is 7. The van der Waals surface area contributed by atoms with Gasteiger partial charge in [0.25, 0.3) is 0 Å². The molecule has 0 radical (unpaired) electrons. The van der Waals surface area contributed by atoms with E-state index in [4.69, 9.17) is 26.2 Å². The summed E-state index contributed by atoms with van der Waals surface area (Å²) in [5, 5.41) is 0. The monoisotopic (exact) mass is 535 g/mol. The minimum Gasteiger partial charge on any atom is -0.383 e. The number of hydrogen-bond donors (Lipinski definition) is 2. The molecule has 1 aliphatic carbocycles. The van der Waals surface area contributed by atoms with E-state index in [9.17, 15) is 4.39 Å². The molecule has 0 atom stereocenters. The van der Waals surface area contributed by atoms with E-state index in [2.05, 4.69) is 22.0 Å². The fraction of sp³-hybridized carbons (Fsp3) is 0.258. The number of rotatable bonds is 5. The van der Waals surface area contributed by atoms with Gasteiger partial charge in [-0.3, -0.25) is 4.57 Å². The van der Waals surface area contributed by atoms with Crippen molar-refractivity contribution in [2.45, 2.75) is 24.8 Å². The standard InChI is InChI=1S/C31H30FN7O/c32-22-17-20(18-24(19-22)38-13-15-40-16-14-38)26-8-9-27-30(36-26)39(29(37-27)25-3-1-12-35-28(25)33)23-6-4-21(5-7-23)31(34)10-2-11-31/h1,3-9,12,17-19H,2,10-11,13-16,34H2,(H2,33,35). The van der Waals surface area contributed by atoms with Gasteiger partial charge < -0.3 is 21.1 Å². The Morgan fingerprint density at radius 2 is 1.70 bits per heavy atom. The summed E-state index contributed by atoms with van der Waals surface area (Å²) in [6.07, 6.45) is 4.78. The molecule has 0 unspecified atom stereocenters. The summed E-state index contributed by atoms with van der Waals surface area (Å²) in [4.78, 5) is 16.4. The maximum Gasteiger partial charge on any atom is 0.165 e. The molecule has 5 aromatic rings. The maximum atomic E-state index is 14.8. The number of nitrogens with zero attached hydrogens (tertiary/aromatic N) is 5.